The second-order valence-corrected chi connectivity index (χ2v) is 11.9. The van der Waals surface area contributed by atoms with Gasteiger partial charge in [-0.15, -0.1) is 0 Å². The van der Waals surface area contributed by atoms with Crippen LogP contribution in [0.15, 0.2) is 58.2 Å². The molecular weight excluding hydrogens is 593 g/mol. The van der Waals surface area contributed by atoms with Crippen molar-refractivity contribution < 1.29 is 49.7 Å². The van der Waals surface area contributed by atoms with E-state index >= 15 is 0 Å². The van der Waals surface area contributed by atoms with Crippen molar-refractivity contribution in [1.82, 2.24) is 0 Å². The highest BCUT2D eigenvalue weighted by Crippen LogP contribution is 2.43. The van der Waals surface area contributed by atoms with Crippen LogP contribution < -0.4 is 0 Å². The van der Waals surface area contributed by atoms with Crippen LogP contribution in [0.25, 0.3) is 0 Å². The van der Waals surface area contributed by atoms with Gasteiger partial charge in [0.05, 0.1) is 31.0 Å². The van der Waals surface area contributed by atoms with Gasteiger partial charge in [-0.1, -0.05) is 28.9 Å². The van der Waals surface area contributed by atoms with Gasteiger partial charge in [0.1, 0.15) is 5.56 Å². The first-order valence-corrected chi connectivity index (χ1v) is 14.3. The highest BCUT2D eigenvalue weighted by Gasteiger charge is 2.46. The number of benzene rings is 1. The number of hydrogen-bond acceptors (Lipinski definition) is 4. The molecular formula is C33H35F7O4. The van der Waals surface area contributed by atoms with Crippen molar-refractivity contribution in [3.05, 3.63) is 92.6 Å². The van der Waals surface area contributed by atoms with Gasteiger partial charge in [-0.3, -0.25) is 4.79 Å². The second kappa shape index (κ2) is 13.1. The number of carbonyl (C=O) groups is 1. The molecule has 0 saturated carbocycles. The Balaban J connectivity index is 1.62. The number of allylic oxidation sites excluding steroid dienone is 4. The maximum absolute atomic E-state index is 14.5. The third-order valence-electron chi connectivity index (χ3n) is 7.86. The van der Waals surface area contributed by atoms with Gasteiger partial charge in [-0.05, 0) is 83.3 Å². The molecule has 3 aliphatic rings. The molecule has 1 aromatic rings. The molecule has 0 bridgehead atoms. The van der Waals surface area contributed by atoms with Crippen LogP contribution in [0.3, 0.4) is 0 Å². The van der Waals surface area contributed by atoms with Crippen molar-refractivity contribution in [3.8, 4) is 0 Å². The zero-order valence-corrected chi connectivity index (χ0v) is 25.1. The Morgan fingerprint density at radius 2 is 1.64 bits per heavy atom. The van der Waals surface area contributed by atoms with E-state index in [-0.39, 0.29) is 24.9 Å². The number of carbonyl (C=O) groups excluding carboxylic acids is 1. The highest BCUT2D eigenvalue weighted by atomic mass is 19.4. The normalized spacial score (nSPS) is 25.8. The lowest BCUT2D eigenvalue weighted by Gasteiger charge is -2.45. The largest absolute Gasteiger partial charge is 0.422 e. The summed E-state index contributed by atoms with van der Waals surface area (Å²) < 4.78 is 114. The van der Waals surface area contributed by atoms with E-state index in [0.717, 1.165) is 24.0 Å². The lowest BCUT2D eigenvalue weighted by molar-refractivity contribution is -0.225. The molecule has 1 aliphatic carbocycles. The fourth-order valence-electron chi connectivity index (χ4n) is 5.73. The fraction of sp³-hybridized carbons (Fsp3) is 0.485. The molecule has 0 saturated heterocycles. The monoisotopic (exact) mass is 628 g/mol. The summed E-state index contributed by atoms with van der Waals surface area (Å²) in [5.41, 5.74) is 0.314. The molecule has 4 rings (SSSR count). The molecule has 0 fully saturated rings. The van der Waals surface area contributed by atoms with E-state index in [1.807, 2.05) is 33.8 Å². The minimum Gasteiger partial charge on any atom is -0.372 e. The predicted molar refractivity (Wildman–Crippen MR) is 149 cm³/mol. The molecule has 1 spiro atoms. The van der Waals surface area contributed by atoms with Crippen LogP contribution in [-0.4, -0.2) is 30.4 Å². The SMILES string of the molecule is CC(C)=CCCC(C)=C[C@@H]1CC(C)=C[C@]2(C=C(COCc3c(F)c(F)c(C(F)(F)F)c(F)c3F)[C@H]3CC(=O)C(C)=C[C@H]3O2)O1. The molecule has 0 N–H and O–H groups in total. The number of Topliss-reactive ketones (excluding diaryl/α,β-unsaturated/α-hetero) is 1. The molecule has 4 nitrogen and oxygen atoms in total. The first-order valence-electron chi connectivity index (χ1n) is 14.3. The quantitative estimate of drug-likeness (QED) is 0.164. The summed E-state index contributed by atoms with van der Waals surface area (Å²) in [5.74, 6) is -11.5. The van der Waals surface area contributed by atoms with E-state index in [1.54, 1.807) is 25.2 Å². The molecule has 0 amide bonds. The molecule has 2 aliphatic heterocycles. The van der Waals surface area contributed by atoms with Crippen LogP contribution in [0.4, 0.5) is 30.7 Å². The van der Waals surface area contributed by atoms with Gasteiger partial charge in [0.15, 0.2) is 29.1 Å². The number of hydrogen-bond donors (Lipinski definition) is 0. The van der Waals surface area contributed by atoms with E-state index < -0.39 is 65.0 Å². The summed E-state index contributed by atoms with van der Waals surface area (Å²) in [6.07, 6.45) is 5.01. The fourth-order valence-corrected chi connectivity index (χ4v) is 5.73. The number of fused-ring (bicyclic) bond motifs is 1. The Bertz CT molecular complexity index is 1430. The Morgan fingerprint density at radius 3 is 2.25 bits per heavy atom. The lowest BCUT2D eigenvalue weighted by atomic mass is 9.79. The number of rotatable bonds is 8. The number of alkyl halides is 3. The van der Waals surface area contributed by atoms with Crippen LogP contribution in [0.2, 0.25) is 0 Å². The summed E-state index contributed by atoms with van der Waals surface area (Å²) >= 11 is 0. The first-order chi connectivity index (χ1) is 20.5. The third-order valence-corrected chi connectivity index (χ3v) is 7.86. The average Bonchev–Trinajstić information content (AvgIpc) is 2.89. The van der Waals surface area contributed by atoms with Crippen LogP contribution in [-0.2, 0) is 31.8 Å². The van der Waals surface area contributed by atoms with E-state index in [9.17, 15) is 35.5 Å². The maximum Gasteiger partial charge on any atom is 0.422 e. The minimum atomic E-state index is -5.65. The van der Waals surface area contributed by atoms with Crippen LogP contribution >= 0.6 is 0 Å². The minimum absolute atomic E-state index is 0.0417. The smallest absolute Gasteiger partial charge is 0.372 e. The zero-order valence-electron chi connectivity index (χ0n) is 25.1. The van der Waals surface area contributed by atoms with Gasteiger partial charge in [0.25, 0.3) is 0 Å². The van der Waals surface area contributed by atoms with Crippen LogP contribution in [0.5, 0.6) is 0 Å². The van der Waals surface area contributed by atoms with Gasteiger partial charge in [-0.2, -0.15) is 13.2 Å². The molecule has 240 valence electrons. The predicted octanol–water partition coefficient (Wildman–Crippen LogP) is 8.76. The molecule has 0 unspecified atom stereocenters. The Kier molecular flexibility index (Phi) is 10.1. The topological polar surface area (TPSA) is 44.8 Å². The van der Waals surface area contributed by atoms with Gasteiger partial charge in [0, 0.05) is 12.3 Å². The van der Waals surface area contributed by atoms with Crippen LogP contribution in [0, 0.1) is 29.2 Å². The van der Waals surface area contributed by atoms with Gasteiger partial charge in [0.2, 0.25) is 5.79 Å². The van der Waals surface area contributed by atoms with E-state index in [4.69, 9.17) is 14.2 Å². The second-order valence-electron chi connectivity index (χ2n) is 11.9. The van der Waals surface area contributed by atoms with Crippen molar-refractivity contribution in [3.63, 3.8) is 0 Å². The summed E-state index contributed by atoms with van der Waals surface area (Å²) in [5, 5.41) is 0. The van der Waals surface area contributed by atoms with E-state index in [2.05, 4.69) is 6.08 Å². The summed E-state index contributed by atoms with van der Waals surface area (Å²) in [7, 11) is 0. The van der Waals surface area contributed by atoms with Crippen molar-refractivity contribution in [2.75, 3.05) is 6.61 Å². The molecule has 0 radical (unpaired) electrons. The Morgan fingerprint density at radius 1 is 0.977 bits per heavy atom. The average molecular weight is 629 g/mol. The maximum atomic E-state index is 14.5. The number of halogens is 7. The van der Waals surface area contributed by atoms with Gasteiger partial charge < -0.3 is 14.2 Å². The van der Waals surface area contributed by atoms with E-state index in [1.165, 1.54) is 5.57 Å². The van der Waals surface area contributed by atoms with Gasteiger partial charge in [-0.25, -0.2) is 17.6 Å². The first kappa shape index (κ1) is 33.9. The highest BCUT2D eigenvalue weighted by molar-refractivity contribution is 5.96. The number of ketones is 1. The number of ether oxygens (including phenoxy) is 3. The molecule has 1 aromatic carbocycles. The molecule has 4 atom stereocenters. The standard InChI is InChI=1S/C33H35F7O4/c1-17(2)7-6-8-18(3)9-22-10-19(4)13-32(43-22)14-21(23-12-25(41)20(5)11-26(23)44-32)15-42-16-24-28(34)30(36)27(33(38,39)40)31(37)29(24)35/h7,9,11,13-14,22-23,26H,6,8,10,12,15-16H2,1-5H3/t22-,23-,26-,32+/m1/s1. The molecule has 2 heterocycles. The molecule has 0 aromatic heterocycles. The van der Waals surface area contributed by atoms with Crippen LogP contribution in [0.1, 0.15) is 71.4 Å². The summed E-state index contributed by atoms with van der Waals surface area (Å²) in [6.45, 7) is 8.23. The molecule has 11 heteroatoms. The summed E-state index contributed by atoms with van der Waals surface area (Å²) in [6, 6.07) is 0. The van der Waals surface area contributed by atoms with Gasteiger partial charge >= 0.3 is 6.18 Å². The zero-order chi connectivity index (χ0) is 32.6. The lowest BCUT2D eigenvalue weighted by Crippen LogP contribution is -2.49. The third kappa shape index (κ3) is 7.43. The van der Waals surface area contributed by atoms with Crippen molar-refractivity contribution in [2.24, 2.45) is 5.92 Å². The van der Waals surface area contributed by atoms with Crippen molar-refractivity contribution >= 4 is 5.78 Å². The van der Waals surface area contributed by atoms with E-state index in [0.29, 0.717) is 17.6 Å². The summed E-state index contributed by atoms with van der Waals surface area (Å²) in [4.78, 5) is 12.6. The van der Waals surface area contributed by atoms with Crippen molar-refractivity contribution in [2.45, 2.75) is 91.1 Å². The van der Waals surface area contributed by atoms with Crippen molar-refractivity contribution in [1.29, 1.82) is 0 Å². The Labute approximate surface area is 251 Å². The molecule has 44 heavy (non-hydrogen) atoms. The Hall–Kier alpha value is -3.02.